The van der Waals surface area contributed by atoms with E-state index in [0.717, 1.165) is 11.3 Å². The number of aromatic nitrogens is 1. The quantitative estimate of drug-likeness (QED) is 0.846. The van der Waals surface area contributed by atoms with Crippen LogP contribution in [0.5, 0.6) is 0 Å². The van der Waals surface area contributed by atoms with Gasteiger partial charge in [-0.1, -0.05) is 12.1 Å². The van der Waals surface area contributed by atoms with Gasteiger partial charge in [0.1, 0.15) is 0 Å². The Kier molecular flexibility index (Phi) is 3.73. The van der Waals surface area contributed by atoms with Crippen molar-refractivity contribution in [1.29, 1.82) is 0 Å². The van der Waals surface area contributed by atoms with E-state index in [1.54, 1.807) is 18.3 Å². The van der Waals surface area contributed by atoms with Gasteiger partial charge in [0.25, 0.3) is 5.91 Å². The summed E-state index contributed by atoms with van der Waals surface area (Å²) in [6, 6.07) is 10.9. The van der Waals surface area contributed by atoms with Crippen molar-refractivity contribution in [3.05, 3.63) is 59.9 Å². The molecule has 86 valence electrons. The predicted molar refractivity (Wildman–Crippen MR) is 68.2 cm³/mol. The molecule has 0 aliphatic carbocycles. The molecule has 0 saturated heterocycles. The lowest BCUT2D eigenvalue weighted by molar-refractivity contribution is 0.102. The Bertz CT molecular complexity index is 514. The number of nitrogens with one attached hydrogen (secondary N) is 1. The van der Waals surface area contributed by atoms with Crippen molar-refractivity contribution >= 4 is 23.2 Å². The highest BCUT2D eigenvalue weighted by molar-refractivity contribution is 6.17. The van der Waals surface area contributed by atoms with E-state index < -0.39 is 0 Å². The lowest BCUT2D eigenvalue weighted by Gasteiger charge is -2.05. The molecule has 1 aromatic heterocycles. The number of benzene rings is 1. The lowest BCUT2D eigenvalue weighted by atomic mass is 10.2. The maximum Gasteiger partial charge on any atom is 0.257 e. The summed E-state index contributed by atoms with van der Waals surface area (Å²) in [4.78, 5) is 15.7. The Morgan fingerprint density at radius 2 is 2.18 bits per heavy atom. The monoisotopic (exact) mass is 246 g/mol. The minimum atomic E-state index is -0.176. The smallest absolute Gasteiger partial charge is 0.257 e. The number of anilines is 1. The number of hydrogen-bond acceptors (Lipinski definition) is 2. The zero-order valence-corrected chi connectivity index (χ0v) is 9.82. The number of carbonyl (C=O) groups excluding carboxylic acids is 1. The number of halogens is 1. The Labute approximate surface area is 104 Å². The zero-order valence-electron chi connectivity index (χ0n) is 9.06. The van der Waals surface area contributed by atoms with Gasteiger partial charge in [0.05, 0.1) is 5.56 Å². The largest absolute Gasteiger partial charge is 0.322 e. The third-order valence-electron chi connectivity index (χ3n) is 2.26. The number of carbonyl (C=O) groups is 1. The molecule has 1 N–H and O–H groups in total. The highest BCUT2D eigenvalue weighted by Gasteiger charge is 2.05. The second-order valence-electron chi connectivity index (χ2n) is 3.53. The molecular formula is C13H11ClN2O. The van der Waals surface area contributed by atoms with Crippen LogP contribution in [0.15, 0.2) is 48.8 Å². The summed E-state index contributed by atoms with van der Waals surface area (Å²) in [5.74, 6) is 0.251. The second kappa shape index (κ2) is 5.46. The molecule has 1 amide bonds. The van der Waals surface area contributed by atoms with Crippen LogP contribution in [0.2, 0.25) is 0 Å². The molecule has 3 nitrogen and oxygen atoms in total. The SMILES string of the molecule is O=C(Nc1cccc(CCl)c1)c1cccnc1. The fourth-order valence-corrected chi connectivity index (χ4v) is 1.60. The molecular weight excluding hydrogens is 236 g/mol. The minimum absolute atomic E-state index is 0.176. The van der Waals surface area contributed by atoms with Crippen molar-refractivity contribution in [2.24, 2.45) is 0 Å². The van der Waals surface area contributed by atoms with Crippen LogP contribution in [0.25, 0.3) is 0 Å². The molecule has 0 fully saturated rings. The van der Waals surface area contributed by atoms with Gasteiger partial charge in [-0.25, -0.2) is 0 Å². The van der Waals surface area contributed by atoms with Gasteiger partial charge >= 0.3 is 0 Å². The highest BCUT2D eigenvalue weighted by atomic mass is 35.5. The third-order valence-corrected chi connectivity index (χ3v) is 2.57. The van der Waals surface area contributed by atoms with Gasteiger partial charge in [0, 0.05) is 24.0 Å². The Balaban J connectivity index is 2.13. The Hall–Kier alpha value is -1.87. The van der Waals surface area contributed by atoms with Crippen molar-refractivity contribution in [2.75, 3.05) is 5.32 Å². The second-order valence-corrected chi connectivity index (χ2v) is 3.80. The average Bonchev–Trinajstić information content (AvgIpc) is 2.40. The molecule has 0 radical (unpaired) electrons. The first-order chi connectivity index (χ1) is 8.29. The first-order valence-corrected chi connectivity index (χ1v) is 5.69. The number of amides is 1. The summed E-state index contributed by atoms with van der Waals surface area (Å²) in [6.07, 6.45) is 3.16. The van der Waals surface area contributed by atoms with Crippen LogP contribution in [0.1, 0.15) is 15.9 Å². The molecule has 0 spiro atoms. The zero-order chi connectivity index (χ0) is 12.1. The summed E-state index contributed by atoms with van der Waals surface area (Å²) in [5, 5.41) is 2.80. The maximum absolute atomic E-state index is 11.8. The molecule has 0 bridgehead atoms. The van der Waals surface area contributed by atoms with E-state index in [9.17, 15) is 4.79 Å². The number of alkyl halides is 1. The van der Waals surface area contributed by atoms with Crippen LogP contribution >= 0.6 is 11.6 Å². The minimum Gasteiger partial charge on any atom is -0.322 e. The van der Waals surface area contributed by atoms with Gasteiger partial charge in [-0.2, -0.15) is 0 Å². The molecule has 0 aliphatic rings. The van der Waals surface area contributed by atoms with Crippen LogP contribution < -0.4 is 5.32 Å². The van der Waals surface area contributed by atoms with Crippen molar-refractivity contribution in [3.63, 3.8) is 0 Å². The van der Waals surface area contributed by atoms with E-state index in [4.69, 9.17) is 11.6 Å². The van der Waals surface area contributed by atoms with Gasteiger partial charge in [-0.3, -0.25) is 9.78 Å². The van der Waals surface area contributed by atoms with E-state index in [-0.39, 0.29) is 5.91 Å². The van der Waals surface area contributed by atoms with E-state index in [0.29, 0.717) is 11.4 Å². The van der Waals surface area contributed by atoms with E-state index >= 15 is 0 Å². The molecule has 1 aromatic carbocycles. The maximum atomic E-state index is 11.8. The Morgan fingerprint density at radius 1 is 1.29 bits per heavy atom. The van der Waals surface area contributed by atoms with Crippen LogP contribution in [0.3, 0.4) is 0 Å². The van der Waals surface area contributed by atoms with Gasteiger partial charge in [-0.05, 0) is 29.8 Å². The first kappa shape index (κ1) is 11.6. The van der Waals surface area contributed by atoms with E-state index in [1.807, 2.05) is 24.3 Å². The van der Waals surface area contributed by atoms with E-state index in [2.05, 4.69) is 10.3 Å². The molecule has 0 atom stereocenters. The molecule has 2 aromatic rings. The molecule has 4 heteroatoms. The number of pyridine rings is 1. The molecule has 0 unspecified atom stereocenters. The predicted octanol–water partition coefficient (Wildman–Crippen LogP) is 3.07. The summed E-state index contributed by atoms with van der Waals surface area (Å²) < 4.78 is 0. The van der Waals surface area contributed by atoms with Crippen molar-refractivity contribution in [1.82, 2.24) is 4.98 Å². The number of hydrogen-bond donors (Lipinski definition) is 1. The van der Waals surface area contributed by atoms with Gasteiger partial charge < -0.3 is 5.32 Å². The van der Waals surface area contributed by atoms with Crippen LogP contribution in [-0.2, 0) is 5.88 Å². The topological polar surface area (TPSA) is 42.0 Å². The summed E-state index contributed by atoms with van der Waals surface area (Å²) in [5.41, 5.74) is 2.23. The van der Waals surface area contributed by atoms with Crippen molar-refractivity contribution in [2.45, 2.75) is 5.88 Å². The first-order valence-electron chi connectivity index (χ1n) is 5.16. The molecule has 0 aliphatic heterocycles. The molecule has 0 saturated carbocycles. The summed E-state index contributed by atoms with van der Waals surface area (Å²) in [7, 11) is 0. The standard InChI is InChI=1S/C13H11ClN2O/c14-8-10-3-1-5-12(7-10)16-13(17)11-4-2-6-15-9-11/h1-7,9H,8H2,(H,16,17). The lowest BCUT2D eigenvalue weighted by Crippen LogP contribution is -2.12. The molecule has 1 heterocycles. The normalized spacial score (nSPS) is 9.94. The van der Waals surface area contributed by atoms with Gasteiger partial charge in [0.2, 0.25) is 0 Å². The number of nitrogens with zero attached hydrogens (tertiary/aromatic N) is 1. The van der Waals surface area contributed by atoms with Gasteiger partial charge in [0.15, 0.2) is 0 Å². The van der Waals surface area contributed by atoms with Crippen LogP contribution in [0.4, 0.5) is 5.69 Å². The highest BCUT2D eigenvalue weighted by Crippen LogP contribution is 2.13. The fourth-order valence-electron chi connectivity index (χ4n) is 1.43. The third kappa shape index (κ3) is 3.04. The summed E-state index contributed by atoms with van der Waals surface area (Å²) in [6.45, 7) is 0. The summed E-state index contributed by atoms with van der Waals surface area (Å²) >= 11 is 5.73. The number of rotatable bonds is 3. The van der Waals surface area contributed by atoms with Gasteiger partial charge in [-0.15, -0.1) is 11.6 Å². The molecule has 2 rings (SSSR count). The van der Waals surface area contributed by atoms with Crippen molar-refractivity contribution in [3.8, 4) is 0 Å². The van der Waals surface area contributed by atoms with Crippen LogP contribution in [-0.4, -0.2) is 10.9 Å². The van der Waals surface area contributed by atoms with Crippen LogP contribution in [0, 0.1) is 0 Å². The Morgan fingerprint density at radius 3 is 2.88 bits per heavy atom. The van der Waals surface area contributed by atoms with E-state index in [1.165, 1.54) is 6.20 Å². The van der Waals surface area contributed by atoms with Crippen molar-refractivity contribution < 1.29 is 4.79 Å². The average molecular weight is 247 g/mol. The molecule has 17 heavy (non-hydrogen) atoms. The fraction of sp³-hybridized carbons (Fsp3) is 0.0769.